The Hall–Kier alpha value is -2.55. The summed E-state index contributed by atoms with van der Waals surface area (Å²) in [6.45, 7) is 13.0. The monoisotopic (exact) mass is 359 g/mol. The predicted octanol–water partition coefficient (Wildman–Crippen LogP) is 3.13. The summed E-state index contributed by atoms with van der Waals surface area (Å²) < 4.78 is 7.29. The van der Waals surface area contributed by atoms with Crippen molar-refractivity contribution >= 4 is 18.0 Å². The minimum Gasteiger partial charge on any atom is -0.448 e. The van der Waals surface area contributed by atoms with Gasteiger partial charge in [0.05, 0.1) is 0 Å². The minimum absolute atomic E-state index is 0.120. The number of hydrogen-bond acceptors (Lipinski definition) is 4. The molecule has 1 unspecified atom stereocenters. The first-order valence-electron chi connectivity index (χ1n) is 8.98. The average Bonchev–Trinajstić information content (AvgIpc) is 2.84. The largest absolute Gasteiger partial charge is 0.448 e. The van der Waals surface area contributed by atoms with Crippen LogP contribution in [0.5, 0.6) is 0 Å². The first kappa shape index (κ1) is 21.5. The lowest BCUT2D eigenvalue weighted by atomic mass is 10.1. The van der Waals surface area contributed by atoms with Crippen LogP contribution in [0.3, 0.4) is 0 Å². The molecule has 0 bridgehead atoms. The van der Waals surface area contributed by atoms with E-state index in [4.69, 9.17) is 4.74 Å². The maximum atomic E-state index is 12.2. The van der Waals surface area contributed by atoms with Crippen LogP contribution in [0.4, 0.5) is 0 Å². The van der Waals surface area contributed by atoms with Crippen molar-refractivity contribution in [3.05, 3.63) is 28.6 Å². The molecule has 0 radical (unpaired) electrons. The quantitative estimate of drug-likeness (QED) is 0.439. The van der Waals surface area contributed by atoms with Crippen molar-refractivity contribution in [3.63, 3.8) is 0 Å². The van der Waals surface area contributed by atoms with Gasteiger partial charge in [-0.15, -0.1) is 0 Å². The standard InChI is InChI=1S/C20H29N3O3/c1-7-8-22-19(24)16(6)26-20(25)18(11-21)10-17-9-14(4)23(15(17)5)12-13(2)3/h9-10,13,16H,7-8,12H2,1-6H3,(H,22,24)/b18-10+. The van der Waals surface area contributed by atoms with E-state index < -0.39 is 12.1 Å². The molecule has 142 valence electrons. The van der Waals surface area contributed by atoms with Gasteiger partial charge in [0.15, 0.2) is 6.10 Å². The van der Waals surface area contributed by atoms with Gasteiger partial charge in [-0.25, -0.2) is 4.79 Å². The van der Waals surface area contributed by atoms with Crippen LogP contribution in [0, 0.1) is 31.1 Å². The van der Waals surface area contributed by atoms with Crippen molar-refractivity contribution in [2.75, 3.05) is 6.54 Å². The summed E-state index contributed by atoms with van der Waals surface area (Å²) >= 11 is 0. The third kappa shape index (κ3) is 5.76. The van der Waals surface area contributed by atoms with Gasteiger partial charge in [0.1, 0.15) is 11.6 Å². The van der Waals surface area contributed by atoms with Gasteiger partial charge in [0, 0.05) is 24.5 Å². The highest BCUT2D eigenvalue weighted by molar-refractivity contribution is 5.99. The molecule has 1 atom stereocenters. The van der Waals surface area contributed by atoms with E-state index in [2.05, 4.69) is 23.7 Å². The van der Waals surface area contributed by atoms with Crippen LogP contribution in [-0.2, 0) is 20.9 Å². The Balaban J connectivity index is 2.96. The molecule has 0 aromatic carbocycles. The Labute approximate surface area is 155 Å². The zero-order valence-corrected chi connectivity index (χ0v) is 16.5. The van der Waals surface area contributed by atoms with Crippen LogP contribution < -0.4 is 5.32 Å². The first-order chi connectivity index (χ1) is 12.2. The van der Waals surface area contributed by atoms with Crippen molar-refractivity contribution in [2.45, 2.75) is 60.6 Å². The topological polar surface area (TPSA) is 84.1 Å². The average molecular weight is 359 g/mol. The van der Waals surface area contributed by atoms with Crippen LogP contribution in [0.1, 0.15) is 51.1 Å². The van der Waals surface area contributed by atoms with E-state index in [1.807, 2.05) is 32.9 Å². The van der Waals surface area contributed by atoms with E-state index in [0.717, 1.165) is 29.9 Å². The normalized spacial score (nSPS) is 12.6. The molecule has 6 nitrogen and oxygen atoms in total. The number of amides is 1. The Morgan fingerprint density at radius 2 is 2.00 bits per heavy atom. The molecule has 1 aromatic heterocycles. The molecular weight excluding hydrogens is 330 g/mol. The molecule has 26 heavy (non-hydrogen) atoms. The molecule has 1 rings (SSSR count). The smallest absolute Gasteiger partial charge is 0.349 e. The molecule has 0 aliphatic heterocycles. The third-order valence-electron chi connectivity index (χ3n) is 4.00. The summed E-state index contributed by atoms with van der Waals surface area (Å²) in [6.07, 6.45) is 1.37. The van der Waals surface area contributed by atoms with Gasteiger partial charge < -0.3 is 14.6 Å². The number of nitrogens with one attached hydrogen (secondary N) is 1. The highest BCUT2D eigenvalue weighted by Gasteiger charge is 2.21. The third-order valence-corrected chi connectivity index (χ3v) is 4.00. The van der Waals surface area contributed by atoms with Gasteiger partial charge in [-0.2, -0.15) is 5.26 Å². The molecule has 0 saturated carbocycles. The van der Waals surface area contributed by atoms with Gasteiger partial charge in [-0.3, -0.25) is 4.79 Å². The van der Waals surface area contributed by atoms with E-state index in [1.165, 1.54) is 13.0 Å². The number of carbonyl (C=O) groups is 2. The SMILES string of the molecule is CCCNC(=O)C(C)OC(=O)/C(C#N)=C/c1cc(C)n(CC(C)C)c1C. The molecule has 0 aliphatic carbocycles. The van der Waals surface area contributed by atoms with Gasteiger partial charge in [0.2, 0.25) is 0 Å². The molecule has 1 amide bonds. The van der Waals surface area contributed by atoms with Crippen molar-refractivity contribution in [1.82, 2.24) is 9.88 Å². The Kier molecular flexibility index (Phi) is 8.11. The molecule has 1 heterocycles. The van der Waals surface area contributed by atoms with E-state index in [-0.39, 0.29) is 11.5 Å². The summed E-state index contributed by atoms with van der Waals surface area (Å²) in [6, 6.07) is 3.82. The van der Waals surface area contributed by atoms with Gasteiger partial charge in [-0.1, -0.05) is 20.8 Å². The number of carbonyl (C=O) groups excluding carboxylic acids is 2. The minimum atomic E-state index is -0.945. The van der Waals surface area contributed by atoms with Crippen molar-refractivity contribution in [1.29, 1.82) is 5.26 Å². The summed E-state index contributed by atoms with van der Waals surface area (Å²) in [5.41, 5.74) is 2.75. The molecule has 1 aromatic rings. The molecule has 0 aliphatic rings. The number of hydrogen-bond donors (Lipinski definition) is 1. The fraction of sp³-hybridized carbons (Fsp3) is 0.550. The lowest BCUT2D eigenvalue weighted by Crippen LogP contribution is -2.36. The highest BCUT2D eigenvalue weighted by atomic mass is 16.5. The molecular formula is C20H29N3O3. The zero-order chi connectivity index (χ0) is 19.9. The maximum Gasteiger partial charge on any atom is 0.349 e. The number of aromatic nitrogens is 1. The van der Waals surface area contributed by atoms with Crippen LogP contribution in [-0.4, -0.2) is 29.1 Å². The molecule has 0 fully saturated rings. The maximum absolute atomic E-state index is 12.2. The second kappa shape index (κ2) is 9.81. The highest BCUT2D eigenvalue weighted by Crippen LogP contribution is 2.20. The van der Waals surface area contributed by atoms with E-state index >= 15 is 0 Å². The number of nitrogens with zero attached hydrogens (tertiary/aromatic N) is 2. The van der Waals surface area contributed by atoms with Crippen LogP contribution in [0.25, 0.3) is 6.08 Å². The number of nitriles is 1. The van der Waals surface area contributed by atoms with Crippen molar-refractivity contribution in [3.8, 4) is 6.07 Å². The van der Waals surface area contributed by atoms with Gasteiger partial charge >= 0.3 is 5.97 Å². The number of rotatable bonds is 8. The number of esters is 1. The van der Waals surface area contributed by atoms with Gasteiger partial charge in [-0.05, 0) is 50.8 Å². The predicted molar refractivity (Wildman–Crippen MR) is 101 cm³/mol. The Morgan fingerprint density at radius 1 is 1.35 bits per heavy atom. The van der Waals surface area contributed by atoms with Crippen LogP contribution in [0.15, 0.2) is 11.6 Å². The van der Waals surface area contributed by atoms with Crippen LogP contribution >= 0.6 is 0 Å². The first-order valence-corrected chi connectivity index (χ1v) is 8.98. The van der Waals surface area contributed by atoms with Crippen LogP contribution in [0.2, 0.25) is 0 Å². The Morgan fingerprint density at radius 3 is 2.54 bits per heavy atom. The molecule has 0 saturated heterocycles. The fourth-order valence-electron chi connectivity index (χ4n) is 2.58. The number of ether oxygens (including phenoxy) is 1. The van der Waals surface area contributed by atoms with Crippen molar-refractivity contribution in [2.24, 2.45) is 5.92 Å². The van der Waals surface area contributed by atoms with Gasteiger partial charge in [0.25, 0.3) is 5.91 Å². The zero-order valence-electron chi connectivity index (χ0n) is 16.5. The van der Waals surface area contributed by atoms with E-state index in [9.17, 15) is 14.9 Å². The second-order valence-electron chi connectivity index (χ2n) is 6.84. The molecule has 1 N–H and O–H groups in total. The second-order valence-corrected chi connectivity index (χ2v) is 6.84. The summed E-state index contributed by atoms with van der Waals surface area (Å²) in [5.74, 6) is -0.674. The lowest BCUT2D eigenvalue weighted by Gasteiger charge is -2.13. The van der Waals surface area contributed by atoms with E-state index in [0.29, 0.717) is 12.5 Å². The number of aryl methyl sites for hydroxylation is 1. The lowest BCUT2D eigenvalue weighted by molar-refractivity contribution is -0.150. The van der Waals surface area contributed by atoms with E-state index in [1.54, 1.807) is 0 Å². The summed E-state index contributed by atoms with van der Waals surface area (Å²) in [4.78, 5) is 24.1. The summed E-state index contributed by atoms with van der Waals surface area (Å²) in [7, 11) is 0. The Bertz CT molecular complexity index is 723. The van der Waals surface area contributed by atoms with Crippen molar-refractivity contribution < 1.29 is 14.3 Å². The summed E-state index contributed by atoms with van der Waals surface area (Å²) in [5, 5.41) is 12.0. The fourth-order valence-corrected chi connectivity index (χ4v) is 2.58. The molecule has 6 heteroatoms. The molecule has 0 spiro atoms.